The van der Waals surface area contributed by atoms with Gasteiger partial charge in [0.1, 0.15) is 0 Å². The van der Waals surface area contributed by atoms with Gasteiger partial charge in [0, 0.05) is 22.7 Å². The van der Waals surface area contributed by atoms with Crippen LogP contribution in [-0.4, -0.2) is 21.8 Å². The first kappa shape index (κ1) is 17.0. The molecule has 0 saturated heterocycles. The molecular weight excluding hydrogens is 312 g/mol. The van der Waals surface area contributed by atoms with Crippen LogP contribution < -0.4 is 5.56 Å². The maximum atomic E-state index is 12.9. The fourth-order valence-corrected chi connectivity index (χ4v) is 2.93. The van der Waals surface area contributed by atoms with Crippen molar-refractivity contribution < 1.29 is 4.79 Å². The number of nitrogens with zero attached hydrogens (tertiary/aromatic N) is 1. The van der Waals surface area contributed by atoms with E-state index < -0.39 is 0 Å². The van der Waals surface area contributed by atoms with Crippen LogP contribution >= 0.6 is 0 Å². The number of nitrogens with one attached hydrogen (secondary N) is 1. The number of para-hydroxylation sites is 1. The lowest BCUT2D eigenvalue weighted by Crippen LogP contribution is -2.38. The molecule has 0 radical (unpaired) electrons. The number of rotatable bonds is 4. The van der Waals surface area contributed by atoms with E-state index in [0.717, 1.165) is 16.5 Å². The summed E-state index contributed by atoms with van der Waals surface area (Å²) in [5.74, 6) is -0.0636. The van der Waals surface area contributed by atoms with Crippen molar-refractivity contribution in [2.45, 2.75) is 33.4 Å². The fraction of sp³-hybridized carbons (Fsp3) is 0.238. The van der Waals surface area contributed by atoms with Crippen LogP contribution in [0.4, 0.5) is 0 Å². The van der Waals surface area contributed by atoms with E-state index in [1.54, 1.807) is 4.90 Å². The summed E-state index contributed by atoms with van der Waals surface area (Å²) in [5.41, 5.74) is 2.93. The molecule has 0 saturated carbocycles. The van der Waals surface area contributed by atoms with E-state index in [9.17, 15) is 9.59 Å². The van der Waals surface area contributed by atoms with Crippen molar-refractivity contribution in [3.05, 3.63) is 81.6 Å². The minimum absolute atomic E-state index is 0.0149. The molecule has 0 aliphatic carbocycles. The van der Waals surface area contributed by atoms with Crippen LogP contribution in [0.2, 0.25) is 0 Å². The number of aromatic nitrogens is 1. The number of hydrogen-bond donors (Lipinski definition) is 1. The summed E-state index contributed by atoms with van der Waals surface area (Å²) in [5, 5.41) is 0.962. The highest BCUT2D eigenvalue weighted by molar-refractivity contribution is 5.94. The van der Waals surface area contributed by atoms with Crippen LogP contribution in [0.25, 0.3) is 10.9 Å². The third-order valence-corrected chi connectivity index (χ3v) is 4.32. The normalized spacial score (nSPS) is 11.0. The molecule has 3 aromatic rings. The number of carbonyl (C=O) groups is 1. The molecule has 0 aliphatic heterocycles. The first-order valence-electron chi connectivity index (χ1n) is 8.44. The molecular formula is C21H22N2O2. The van der Waals surface area contributed by atoms with Gasteiger partial charge in [-0.1, -0.05) is 35.9 Å². The Labute approximate surface area is 147 Å². The van der Waals surface area contributed by atoms with E-state index in [1.807, 2.05) is 75.4 Å². The Morgan fingerprint density at radius 3 is 2.56 bits per heavy atom. The Morgan fingerprint density at radius 2 is 1.84 bits per heavy atom. The summed E-state index contributed by atoms with van der Waals surface area (Å²) < 4.78 is 0. The largest absolute Gasteiger partial charge is 0.332 e. The second-order valence-electron chi connectivity index (χ2n) is 6.61. The van der Waals surface area contributed by atoms with Crippen LogP contribution in [0.5, 0.6) is 0 Å². The van der Waals surface area contributed by atoms with Crippen molar-refractivity contribution in [2.24, 2.45) is 0 Å². The number of amides is 1. The second-order valence-corrected chi connectivity index (χ2v) is 6.61. The zero-order valence-corrected chi connectivity index (χ0v) is 14.7. The van der Waals surface area contributed by atoms with E-state index in [2.05, 4.69) is 4.98 Å². The minimum Gasteiger partial charge on any atom is -0.332 e. The van der Waals surface area contributed by atoms with Crippen molar-refractivity contribution >= 4 is 16.8 Å². The zero-order chi connectivity index (χ0) is 18.0. The van der Waals surface area contributed by atoms with Gasteiger partial charge < -0.3 is 9.88 Å². The number of hydrogen-bond acceptors (Lipinski definition) is 2. The maximum absolute atomic E-state index is 12.9. The third kappa shape index (κ3) is 3.63. The number of carbonyl (C=O) groups excluding carboxylic acids is 1. The third-order valence-electron chi connectivity index (χ3n) is 4.32. The molecule has 4 nitrogen and oxygen atoms in total. The van der Waals surface area contributed by atoms with Crippen LogP contribution in [-0.2, 0) is 6.54 Å². The zero-order valence-electron chi connectivity index (χ0n) is 14.7. The average molecular weight is 334 g/mol. The standard InChI is InChI=1S/C21H22N2O2/c1-14(2)23(21(25)17-9-6-7-15(3)11-17)13-18-12-16-8-4-5-10-19(16)22-20(18)24/h4-12,14H,13H2,1-3H3,(H,22,24). The molecule has 3 rings (SSSR count). The van der Waals surface area contributed by atoms with Crippen LogP contribution in [0.1, 0.15) is 35.3 Å². The predicted octanol–water partition coefficient (Wildman–Crippen LogP) is 3.89. The predicted molar refractivity (Wildman–Crippen MR) is 101 cm³/mol. The molecule has 0 unspecified atom stereocenters. The SMILES string of the molecule is Cc1cccc(C(=O)N(Cc2cc3ccccc3[nH]c2=O)C(C)C)c1. The fourth-order valence-electron chi connectivity index (χ4n) is 2.93. The lowest BCUT2D eigenvalue weighted by Gasteiger charge is -2.27. The highest BCUT2D eigenvalue weighted by atomic mass is 16.2. The van der Waals surface area contributed by atoms with Gasteiger partial charge in [0.15, 0.2) is 0 Å². The minimum atomic E-state index is -0.151. The highest BCUT2D eigenvalue weighted by Gasteiger charge is 2.20. The molecule has 2 aromatic carbocycles. The molecule has 4 heteroatoms. The van der Waals surface area contributed by atoms with E-state index >= 15 is 0 Å². The van der Waals surface area contributed by atoms with Crippen molar-refractivity contribution in [3.8, 4) is 0 Å². The van der Waals surface area contributed by atoms with Gasteiger partial charge in [0.05, 0.1) is 6.54 Å². The number of aromatic amines is 1. The number of pyridine rings is 1. The van der Waals surface area contributed by atoms with Gasteiger partial charge in [-0.05, 0) is 50.4 Å². The molecule has 25 heavy (non-hydrogen) atoms. The summed E-state index contributed by atoms with van der Waals surface area (Å²) in [7, 11) is 0. The van der Waals surface area contributed by atoms with Gasteiger partial charge in [-0.15, -0.1) is 0 Å². The van der Waals surface area contributed by atoms with Gasteiger partial charge in [0.25, 0.3) is 11.5 Å². The van der Waals surface area contributed by atoms with Crippen molar-refractivity contribution in [3.63, 3.8) is 0 Å². The molecule has 1 heterocycles. The summed E-state index contributed by atoms with van der Waals surface area (Å²) in [6.45, 7) is 6.17. The number of benzene rings is 2. The Morgan fingerprint density at radius 1 is 1.08 bits per heavy atom. The first-order valence-corrected chi connectivity index (χ1v) is 8.44. The van der Waals surface area contributed by atoms with Crippen molar-refractivity contribution in [1.82, 2.24) is 9.88 Å². The van der Waals surface area contributed by atoms with Crippen LogP contribution in [0, 0.1) is 6.92 Å². The van der Waals surface area contributed by atoms with Gasteiger partial charge in [-0.3, -0.25) is 9.59 Å². The molecule has 128 valence electrons. The average Bonchev–Trinajstić information content (AvgIpc) is 2.59. The Balaban J connectivity index is 1.96. The number of aryl methyl sites for hydroxylation is 1. The highest BCUT2D eigenvalue weighted by Crippen LogP contribution is 2.16. The molecule has 0 atom stereocenters. The molecule has 0 aliphatic rings. The second kappa shape index (κ2) is 6.93. The van der Waals surface area contributed by atoms with E-state index in [-0.39, 0.29) is 24.1 Å². The lowest BCUT2D eigenvalue weighted by atomic mass is 10.1. The Kier molecular flexibility index (Phi) is 4.70. The summed E-state index contributed by atoms with van der Waals surface area (Å²) >= 11 is 0. The lowest BCUT2D eigenvalue weighted by molar-refractivity contribution is 0.0689. The van der Waals surface area contributed by atoms with Gasteiger partial charge >= 0.3 is 0 Å². The van der Waals surface area contributed by atoms with Gasteiger partial charge in [-0.2, -0.15) is 0 Å². The van der Waals surface area contributed by atoms with E-state index in [0.29, 0.717) is 11.1 Å². The van der Waals surface area contributed by atoms with Crippen molar-refractivity contribution in [1.29, 1.82) is 0 Å². The van der Waals surface area contributed by atoms with E-state index in [1.165, 1.54) is 0 Å². The molecule has 0 fully saturated rings. The number of fused-ring (bicyclic) bond motifs is 1. The Hall–Kier alpha value is -2.88. The number of H-pyrrole nitrogens is 1. The smallest absolute Gasteiger partial charge is 0.254 e. The molecule has 0 spiro atoms. The van der Waals surface area contributed by atoms with Crippen molar-refractivity contribution in [2.75, 3.05) is 0 Å². The van der Waals surface area contributed by atoms with E-state index in [4.69, 9.17) is 0 Å². The topological polar surface area (TPSA) is 53.2 Å². The monoisotopic (exact) mass is 334 g/mol. The quantitative estimate of drug-likeness (QED) is 0.787. The molecule has 0 bridgehead atoms. The Bertz CT molecular complexity index is 973. The van der Waals surface area contributed by atoms with Gasteiger partial charge in [0.2, 0.25) is 0 Å². The summed E-state index contributed by atoms with van der Waals surface area (Å²) in [6, 6.07) is 17.0. The first-order chi connectivity index (χ1) is 12.0. The van der Waals surface area contributed by atoms with Crippen LogP contribution in [0.3, 0.4) is 0 Å². The summed E-state index contributed by atoms with van der Waals surface area (Å²) in [4.78, 5) is 30.0. The maximum Gasteiger partial charge on any atom is 0.254 e. The molecule has 1 amide bonds. The molecule has 1 aromatic heterocycles. The summed E-state index contributed by atoms with van der Waals surface area (Å²) in [6.07, 6.45) is 0. The van der Waals surface area contributed by atoms with Crippen LogP contribution in [0.15, 0.2) is 59.4 Å². The molecule has 1 N–H and O–H groups in total. The van der Waals surface area contributed by atoms with Gasteiger partial charge in [-0.25, -0.2) is 0 Å².